The van der Waals surface area contributed by atoms with Crippen LogP contribution in [0.4, 0.5) is 0 Å². The Morgan fingerprint density at radius 1 is 1.67 bits per heavy atom. The molecule has 0 atom stereocenters. The van der Waals surface area contributed by atoms with E-state index in [1.807, 2.05) is 17.1 Å². The molecule has 0 spiro atoms. The number of carbonyl (C=O) groups excluding carboxylic acids is 1. The van der Waals surface area contributed by atoms with Crippen molar-refractivity contribution in [3.05, 3.63) is 18.0 Å². The number of rotatable bonds is 4. The standard InChI is InChI=1S/C9H14N2O/c1-8(2)9-6-10-11(7-9)4-3-5-12/h5-8H,3-4H2,1-2H3. The molecule has 1 heterocycles. The number of carbonyl (C=O) groups is 1. The van der Waals surface area contributed by atoms with Crippen LogP contribution in [0.25, 0.3) is 0 Å². The summed E-state index contributed by atoms with van der Waals surface area (Å²) in [4.78, 5) is 10.1. The number of aryl methyl sites for hydroxylation is 1. The number of hydrogen-bond donors (Lipinski definition) is 0. The third-order valence-electron chi connectivity index (χ3n) is 1.80. The van der Waals surface area contributed by atoms with Gasteiger partial charge in [0.25, 0.3) is 0 Å². The van der Waals surface area contributed by atoms with Gasteiger partial charge in [0.15, 0.2) is 0 Å². The van der Waals surface area contributed by atoms with Crippen LogP contribution in [-0.4, -0.2) is 16.1 Å². The molecule has 1 aromatic rings. The zero-order valence-electron chi connectivity index (χ0n) is 7.53. The summed E-state index contributed by atoms with van der Waals surface area (Å²) in [6.07, 6.45) is 5.31. The molecule has 3 nitrogen and oxygen atoms in total. The van der Waals surface area contributed by atoms with Gasteiger partial charge >= 0.3 is 0 Å². The number of aldehydes is 1. The maximum Gasteiger partial charge on any atom is 0.121 e. The van der Waals surface area contributed by atoms with Crippen molar-refractivity contribution in [2.75, 3.05) is 0 Å². The summed E-state index contributed by atoms with van der Waals surface area (Å²) in [5, 5.41) is 4.13. The average molecular weight is 166 g/mol. The fourth-order valence-corrected chi connectivity index (χ4v) is 0.985. The second-order valence-electron chi connectivity index (χ2n) is 3.15. The van der Waals surface area contributed by atoms with E-state index in [1.54, 1.807) is 0 Å². The summed E-state index contributed by atoms with van der Waals surface area (Å²) in [5.74, 6) is 0.509. The molecule has 1 rings (SSSR count). The summed E-state index contributed by atoms with van der Waals surface area (Å²) in [6.45, 7) is 4.94. The summed E-state index contributed by atoms with van der Waals surface area (Å²) in [5.41, 5.74) is 1.22. The van der Waals surface area contributed by atoms with Gasteiger partial charge in [-0.1, -0.05) is 13.8 Å². The van der Waals surface area contributed by atoms with Crippen LogP contribution in [0, 0.1) is 0 Å². The van der Waals surface area contributed by atoms with E-state index in [0.29, 0.717) is 18.9 Å². The van der Waals surface area contributed by atoms with Crippen LogP contribution in [-0.2, 0) is 11.3 Å². The lowest BCUT2D eigenvalue weighted by Crippen LogP contribution is -1.98. The highest BCUT2D eigenvalue weighted by Gasteiger charge is 2.01. The molecule has 12 heavy (non-hydrogen) atoms. The van der Waals surface area contributed by atoms with E-state index < -0.39 is 0 Å². The third kappa shape index (κ3) is 2.19. The monoisotopic (exact) mass is 166 g/mol. The zero-order chi connectivity index (χ0) is 8.97. The molecular formula is C9H14N2O. The molecular weight excluding hydrogens is 152 g/mol. The third-order valence-corrected chi connectivity index (χ3v) is 1.80. The smallest absolute Gasteiger partial charge is 0.121 e. The van der Waals surface area contributed by atoms with Crippen molar-refractivity contribution in [1.29, 1.82) is 0 Å². The Labute approximate surface area is 72.4 Å². The predicted octanol–water partition coefficient (Wildman–Crippen LogP) is 1.60. The first-order chi connectivity index (χ1) is 5.74. The van der Waals surface area contributed by atoms with Gasteiger partial charge in [-0.25, -0.2) is 0 Å². The topological polar surface area (TPSA) is 34.9 Å². The van der Waals surface area contributed by atoms with E-state index in [2.05, 4.69) is 18.9 Å². The summed E-state index contributed by atoms with van der Waals surface area (Å²) in [7, 11) is 0. The molecule has 0 N–H and O–H groups in total. The first kappa shape index (κ1) is 8.97. The van der Waals surface area contributed by atoms with Gasteiger partial charge in [-0.3, -0.25) is 4.68 Å². The van der Waals surface area contributed by atoms with Gasteiger partial charge in [0.05, 0.1) is 6.20 Å². The van der Waals surface area contributed by atoms with Crippen LogP contribution >= 0.6 is 0 Å². The highest BCUT2D eigenvalue weighted by Crippen LogP contribution is 2.11. The zero-order valence-corrected chi connectivity index (χ0v) is 7.53. The first-order valence-electron chi connectivity index (χ1n) is 4.20. The largest absolute Gasteiger partial charge is 0.303 e. The minimum absolute atomic E-state index is 0.509. The fraction of sp³-hybridized carbons (Fsp3) is 0.556. The molecule has 0 aliphatic heterocycles. The summed E-state index contributed by atoms with van der Waals surface area (Å²) in [6, 6.07) is 0. The van der Waals surface area contributed by atoms with Crippen molar-refractivity contribution in [2.45, 2.75) is 32.7 Å². The van der Waals surface area contributed by atoms with E-state index in [-0.39, 0.29) is 0 Å². The second kappa shape index (κ2) is 4.04. The Bertz CT molecular complexity index is 253. The van der Waals surface area contributed by atoms with Crippen molar-refractivity contribution in [3.63, 3.8) is 0 Å². The quantitative estimate of drug-likeness (QED) is 0.637. The SMILES string of the molecule is CC(C)c1cnn(CCC=O)c1. The predicted molar refractivity (Wildman–Crippen MR) is 47.0 cm³/mol. The normalized spacial score (nSPS) is 10.6. The van der Waals surface area contributed by atoms with Crippen molar-refractivity contribution < 1.29 is 4.79 Å². The Hall–Kier alpha value is -1.12. The minimum Gasteiger partial charge on any atom is -0.303 e. The van der Waals surface area contributed by atoms with Gasteiger partial charge in [-0.2, -0.15) is 5.10 Å². The van der Waals surface area contributed by atoms with E-state index >= 15 is 0 Å². The van der Waals surface area contributed by atoms with Gasteiger partial charge < -0.3 is 4.79 Å². The van der Waals surface area contributed by atoms with E-state index in [9.17, 15) is 4.79 Å². The van der Waals surface area contributed by atoms with Crippen molar-refractivity contribution in [1.82, 2.24) is 9.78 Å². The molecule has 66 valence electrons. The molecule has 0 saturated carbocycles. The first-order valence-corrected chi connectivity index (χ1v) is 4.20. The van der Waals surface area contributed by atoms with Crippen LogP contribution < -0.4 is 0 Å². The Balaban J connectivity index is 2.58. The second-order valence-corrected chi connectivity index (χ2v) is 3.15. The van der Waals surface area contributed by atoms with Gasteiger partial charge in [0.2, 0.25) is 0 Å². The van der Waals surface area contributed by atoms with Gasteiger partial charge in [-0.15, -0.1) is 0 Å². The number of nitrogens with zero attached hydrogens (tertiary/aromatic N) is 2. The molecule has 1 aromatic heterocycles. The molecule has 0 bridgehead atoms. The molecule has 0 amide bonds. The molecule has 0 unspecified atom stereocenters. The number of aromatic nitrogens is 2. The molecule has 0 radical (unpaired) electrons. The van der Waals surface area contributed by atoms with Crippen LogP contribution in [0.5, 0.6) is 0 Å². The summed E-state index contributed by atoms with van der Waals surface area (Å²) < 4.78 is 1.81. The number of hydrogen-bond acceptors (Lipinski definition) is 2. The fourth-order valence-electron chi connectivity index (χ4n) is 0.985. The molecule has 0 aliphatic carbocycles. The van der Waals surface area contributed by atoms with Gasteiger partial charge in [-0.05, 0) is 11.5 Å². The molecule has 0 saturated heterocycles. The van der Waals surface area contributed by atoms with Crippen molar-refractivity contribution in [3.8, 4) is 0 Å². The minimum atomic E-state index is 0.509. The van der Waals surface area contributed by atoms with E-state index in [4.69, 9.17) is 0 Å². The average Bonchev–Trinajstić information content (AvgIpc) is 2.48. The Morgan fingerprint density at radius 2 is 2.42 bits per heavy atom. The maximum absolute atomic E-state index is 10.1. The van der Waals surface area contributed by atoms with Crippen LogP contribution in [0.3, 0.4) is 0 Å². The highest BCUT2D eigenvalue weighted by atomic mass is 16.1. The molecule has 0 fully saturated rings. The van der Waals surface area contributed by atoms with Crippen molar-refractivity contribution in [2.24, 2.45) is 0 Å². The van der Waals surface area contributed by atoms with Crippen molar-refractivity contribution >= 4 is 6.29 Å². The molecule has 0 aliphatic rings. The maximum atomic E-state index is 10.1. The molecule has 0 aromatic carbocycles. The van der Waals surface area contributed by atoms with Crippen LogP contribution in [0.15, 0.2) is 12.4 Å². The summed E-state index contributed by atoms with van der Waals surface area (Å²) >= 11 is 0. The van der Waals surface area contributed by atoms with Gasteiger partial charge in [0, 0.05) is 19.2 Å². The van der Waals surface area contributed by atoms with Crippen LogP contribution in [0.1, 0.15) is 31.7 Å². The Kier molecular flexibility index (Phi) is 3.02. The van der Waals surface area contributed by atoms with E-state index in [0.717, 1.165) is 6.29 Å². The Morgan fingerprint density at radius 3 is 2.92 bits per heavy atom. The lowest BCUT2D eigenvalue weighted by atomic mass is 10.1. The highest BCUT2D eigenvalue weighted by molar-refractivity contribution is 5.48. The lowest BCUT2D eigenvalue weighted by molar-refractivity contribution is -0.108. The van der Waals surface area contributed by atoms with E-state index in [1.165, 1.54) is 5.56 Å². The lowest BCUT2D eigenvalue weighted by Gasteiger charge is -1.97. The van der Waals surface area contributed by atoms with Gasteiger partial charge in [0.1, 0.15) is 6.29 Å². The molecule has 3 heteroatoms. The van der Waals surface area contributed by atoms with Crippen LogP contribution in [0.2, 0.25) is 0 Å².